The van der Waals surface area contributed by atoms with E-state index in [1.807, 2.05) is 34.9 Å². The Balaban J connectivity index is 1.72. The van der Waals surface area contributed by atoms with Crippen LogP contribution in [0, 0.1) is 0 Å². The van der Waals surface area contributed by atoms with Crippen molar-refractivity contribution in [1.29, 1.82) is 0 Å². The van der Waals surface area contributed by atoms with Crippen molar-refractivity contribution < 1.29 is 9.53 Å². The van der Waals surface area contributed by atoms with E-state index in [2.05, 4.69) is 15.5 Å². The van der Waals surface area contributed by atoms with Crippen molar-refractivity contribution >= 4 is 35.0 Å². The first kappa shape index (κ1) is 18.4. The molecule has 0 unspecified atom stereocenters. The molecule has 0 spiro atoms. The molecule has 134 valence electrons. The minimum Gasteiger partial charge on any atom is -0.377 e. The highest BCUT2D eigenvalue weighted by Gasteiger charge is 2.15. The molecule has 26 heavy (non-hydrogen) atoms. The molecule has 1 N–H and O–H groups in total. The quantitative estimate of drug-likeness (QED) is 0.623. The molecule has 1 amide bonds. The van der Waals surface area contributed by atoms with Crippen LogP contribution in [0.15, 0.2) is 59.8 Å². The van der Waals surface area contributed by atoms with Crippen molar-refractivity contribution in [3.8, 4) is 5.69 Å². The van der Waals surface area contributed by atoms with Gasteiger partial charge in [-0.3, -0.25) is 9.36 Å². The van der Waals surface area contributed by atoms with Crippen LogP contribution in [-0.4, -0.2) is 33.5 Å². The number of nitrogens with zero attached hydrogens (tertiary/aromatic N) is 3. The lowest BCUT2D eigenvalue weighted by Crippen LogP contribution is -2.14. The van der Waals surface area contributed by atoms with Crippen LogP contribution >= 0.6 is 23.4 Å². The van der Waals surface area contributed by atoms with Gasteiger partial charge in [0, 0.05) is 23.5 Å². The number of carbonyl (C=O) groups is 1. The molecule has 0 aliphatic carbocycles. The molecule has 1 heterocycles. The van der Waals surface area contributed by atoms with Gasteiger partial charge in [-0.05, 0) is 30.3 Å². The Morgan fingerprint density at radius 1 is 1.19 bits per heavy atom. The predicted molar refractivity (Wildman–Crippen MR) is 103 cm³/mol. The number of thioether (sulfide) groups is 1. The van der Waals surface area contributed by atoms with Gasteiger partial charge < -0.3 is 10.1 Å². The topological polar surface area (TPSA) is 69.0 Å². The van der Waals surface area contributed by atoms with Crippen LogP contribution in [0.1, 0.15) is 5.82 Å². The van der Waals surface area contributed by atoms with Gasteiger partial charge in [0.1, 0.15) is 6.61 Å². The first-order chi connectivity index (χ1) is 12.7. The van der Waals surface area contributed by atoms with Crippen LogP contribution in [0.2, 0.25) is 5.02 Å². The van der Waals surface area contributed by atoms with Gasteiger partial charge >= 0.3 is 0 Å². The number of aromatic nitrogens is 3. The van der Waals surface area contributed by atoms with Gasteiger partial charge in [-0.15, -0.1) is 10.2 Å². The average Bonchev–Trinajstić information content (AvgIpc) is 3.04. The molecule has 3 rings (SSSR count). The number of benzene rings is 2. The Morgan fingerprint density at radius 2 is 2.00 bits per heavy atom. The van der Waals surface area contributed by atoms with E-state index in [4.69, 9.17) is 16.3 Å². The number of carbonyl (C=O) groups excluding carboxylic acids is 1. The van der Waals surface area contributed by atoms with E-state index >= 15 is 0 Å². The van der Waals surface area contributed by atoms with Gasteiger partial charge in [-0.25, -0.2) is 0 Å². The lowest BCUT2D eigenvalue weighted by Gasteiger charge is -2.10. The first-order valence-electron chi connectivity index (χ1n) is 7.84. The largest absolute Gasteiger partial charge is 0.377 e. The average molecular weight is 389 g/mol. The number of hydrogen-bond acceptors (Lipinski definition) is 5. The molecule has 0 radical (unpaired) electrons. The number of ether oxygens (including phenoxy) is 1. The van der Waals surface area contributed by atoms with E-state index in [0.717, 1.165) is 5.69 Å². The Kier molecular flexibility index (Phi) is 6.27. The van der Waals surface area contributed by atoms with Crippen molar-refractivity contribution in [2.24, 2.45) is 0 Å². The summed E-state index contributed by atoms with van der Waals surface area (Å²) in [5.74, 6) is 0.731. The number of hydrogen-bond donors (Lipinski definition) is 1. The SMILES string of the molecule is COCc1nnc(SCC(=O)Nc2cccc(Cl)c2)n1-c1ccccc1. The number of halogens is 1. The summed E-state index contributed by atoms with van der Waals surface area (Å²) in [4.78, 5) is 12.2. The van der Waals surface area contributed by atoms with E-state index in [9.17, 15) is 4.79 Å². The van der Waals surface area contributed by atoms with Crippen molar-refractivity contribution in [1.82, 2.24) is 14.8 Å². The van der Waals surface area contributed by atoms with Gasteiger partial charge in [0.2, 0.25) is 5.91 Å². The van der Waals surface area contributed by atoms with Crippen LogP contribution < -0.4 is 5.32 Å². The highest BCUT2D eigenvalue weighted by atomic mass is 35.5. The number of anilines is 1. The molecule has 1 aromatic heterocycles. The second-order valence-corrected chi connectivity index (χ2v) is 6.73. The standard InChI is InChI=1S/C18H17ClN4O2S/c1-25-11-16-21-22-18(23(16)15-8-3-2-4-9-15)26-12-17(24)20-14-7-5-6-13(19)10-14/h2-10H,11-12H2,1H3,(H,20,24). The molecule has 3 aromatic rings. The summed E-state index contributed by atoms with van der Waals surface area (Å²) >= 11 is 7.24. The Morgan fingerprint density at radius 3 is 2.73 bits per heavy atom. The number of rotatable bonds is 7. The zero-order chi connectivity index (χ0) is 18.4. The summed E-state index contributed by atoms with van der Waals surface area (Å²) in [6, 6.07) is 16.8. The van der Waals surface area contributed by atoms with Crippen molar-refractivity contribution in [3.05, 3.63) is 65.4 Å². The molecule has 0 fully saturated rings. The monoisotopic (exact) mass is 388 g/mol. The lowest BCUT2D eigenvalue weighted by molar-refractivity contribution is -0.113. The zero-order valence-corrected chi connectivity index (χ0v) is 15.6. The lowest BCUT2D eigenvalue weighted by atomic mass is 10.3. The van der Waals surface area contributed by atoms with Crippen LogP contribution in [0.5, 0.6) is 0 Å². The summed E-state index contributed by atoms with van der Waals surface area (Å²) in [7, 11) is 1.61. The molecule has 0 saturated carbocycles. The molecular formula is C18H17ClN4O2S. The second-order valence-electron chi connectivity index (χ2n) is 5.35. The third-order valence-electron chi connectivity index (χ3n) is 3.43. The van der Waals surface area contributed by atoms with Crippen molar-refractivity contribution in [3.63, 3.8) is 0 Å². The summed E-state index contributed by atoms with van der Waals surface area (Å²) in [6.45, 7) is 0.331. The fraction of sp³-hybridized carbons (Fsp3) is 0.167. The van der Waals surface area contributed by atoms with Gasteiger partial charge in [0.05, 0.1) is 5.75 Å². The maximum Gasteiger partial charge on any atom is 0.234 e. The van der Waals surface area contributed by atoms with Crippen LogP contribution in [0.25, 0.3) is 5.69 Å². The number of amides is 1. The second kappa shape index (κ2) is 8.84. The smallest absolute Gasteiger partial charge is 0.234 e. The molecule has 0 atom stereocenters. The van der Waals surface area contributed by atoms with Gasteiger partial charge in [0.25, 0.3) is 0 Å². The van der Waals surface area contributed by atoms with Crippen molar-refractivity contribution in [2.75, 3.05) is 18.2 Å². The molecule has 0 saturated heterocycles. The Hall–Kier alpha value is -2.35. The molecule has 6 nitrogen and oxygen atoms in total. The summed E-state index contributed by atoms with van der Waals surface area (Å²) < 4.78 is 7.08. The maximum absolute atomic E-state index is 12.2. The molecule has 0 bridgehead atoms. The number of para-hydroxylation sites is 1. The molecule has 2 aromatic carbocycles. The Bertz CT molecular complexity index is 886. The molecule has 0 aliphatic heterocycles. The van der Waals surface area contributed by atoms with Gasteiger partial charge in [-0.2, -0.15) is 0 Å². The van der Waals surface area contributed by atoms with Crippen LogP contribution in [-0.2, 0) is 16.1 Å². The fourth-order valence-electron chi connectivity index (χ4n) is 2.35. The van der Waals surface area contributed by atoms with Crippen LogP contribution in [0.4, 0.5) is 5.69 Å². The van der Waals surface area contributed by atoms with E-state index in [-0.39, 0.29) is 11.7 Å². The molecule has 0 aliphatic rings. The summed E-state index contributed by atoms with van der Waals surface area (Å²) in [5.41, 5.74) is 1.58. The Labute approximate surface area is 160 Å². The van der Waals surface area contributed by atoms with E-state index in [1.165, 1.54) is 11.8 Å². The van der Waals surface area contributed by atoms with E-state index in [0.29, 0.717) is 28.3 Å². The normalized spacial score (nSPS) is 10.7. The summed E-state index contributed by atoms with van der Waals surface area (Å²) in [5, 5.41) is 12.4. The van der Waals surface area contributed by atoms with E-state index < -0.39 is 0 Å². The first-order valence-corrected chi connectivity index (χ1v) is 9.20. The third kappa shape index (κ3) is 4.63. The molecule has 8 heteroatoms. The van der Waals surface area contributed by atoms with Crippen LogP contribution in [0.3, 0.4) is 0 Å². The molecular weight excluding hydrogens is 372 g/mol. The van der Waals surface area contributed by atoms with Gasteiger partial charge in [0.15, 0.2) is 11.0 Å². The summed E-state index contributed by atoms with van der Waals surface area (Å²) in [6.07, 6.45) is 0. The minimum atomic E-state index is -0.145. The highest BCUT2D eigenvalue weighted by molar-refractivity contribution is 7.99. The van der Waals surface area contributed by atoms with E-state index in [1.54, 1.807) is 31.4 Å². The third-order valence-corrected chi connectivity index (χ3v) is 4.59. The fourth-order valence-corrected chi connectivity index (χ4v) is 3.31. The highest BCUT2D eigenvalue weighted by Crippen LogP contribution is 2.23. The minimum absolute atomic E-state index is 0.145. The zero-order valence-electron chi connectivity index (χ0n) is 14.1. The van der Waals surface area contributed by atoms with Crippen molar-refractivity contribution in [2.45, 2.75) is 11.8 Å². The predicted octanol–water partition coefficient (Wildman–Crippen LogP) is 3.80. The van der Waals surface area contributed by atoms with Gasteiger partial charge in [-0.1, -0.05) is 47.6 Å². The number of methoxy groups -OCH3 is 1. The number of nitrogens with one attached hydrogen (secondary N) is 1. The maximum atomic E-state index is 12.2.